The molecule has 0 atom stereocenters. The molecule has 0 aliphatic rings. The van der Waals surface area contributed by atoms with Gasteiger partial charge in [0.2, 0.25) is 0 Å². The molecule has 6 heteroatoms. The fourth-order valence-corrected chi connectivity index (χ4v) is 3.55. The van der Waals surface area contributed by atoms with Gasteiger partial charge in [-0.2, -0.15) is 0 Å². The summed E-state index contributed by atoms with van der Waals surface area (Å²) < 4.78 is 23.9. The van der Waals surface area contributed by atoms with E-state index < -0.39 is 5.97 Å². The number of esters is 1. The lowest BCUT2D eigenvalue weighted by Crippen LogP contribution is -2.05. The summed E-state index contributed by atoms with van der Waals surface area (Å²) in [6.07, 6.45) is 0. The minimum atomic E-state index is -0.438. The van der Waals surface area contributed by atoms with E-state index in [4.69, 9.17) is 9.47 Å². The molecule has 2 rings (SSSR count). The van der Waals surface area contributed by atoms with Crippen LogP contribution in [0.25, 0.3) is 0 Å². The largest absolute Gasteiger partial charge is 0.496 e. The van der Waals surface area contributed by atoms with Crippen molar-refractivity contribution < 1.29 is 18.7 Å². The maximum atomic E-state index is 13.1. The number of thioether (sulfide) groups is 1. The van der Waals surface area contributed by atoms with Gasteiger partial charge in [-0.3, -0.25) is 0 Å². The molecule has 3 nitrogen and oxygen atoms in total. The Hall–Kier alpha value is -1.53. The molecule has 0 radical (unpaired) electrons. The van der Waals surface area contributed by atoms with Gasteiger partial charge in [0.15, 0.2) is 0 Å². The Morgan fingerprint density at radius 1 is 1.27 bits per heavy atom. The molecule has 0 saturated heterocycles. The van der Waals surface area contributed by atoms with Gasteiger partial charge in [0.1, 0.15) is 17.1 Å². The van der Waals surface area contributed by atoms with E-state index in [2.05, 4.69) is 15.9 Å². The van der Waals surface area contributed by atoms with Crippen LogP contribution in [0.5, 0.6) is 5.75 Å². The average molecular weight is 385 g/mol. The van der Waals surface area contributed by atoms with E-state index in [0.29, 0.717) is 21.5 Å². The van der Waals surface area contributed by atoms with Crippen molar-refractivity contribution in [2.45, 2.75) is 10.6 Å². The van der Waals surface area contributed by atoms with Gasteiger partial charge < -0.3 is 9.47 Å². The molecule has 0 aliphatic heterocycles. The molecule has 0 aliphatic carbocycles. The monoisotopic (exact) mass is 384 g/mol. The molecule has 0 N–H and O–H groups in total. The van der Waals surface area contributed by atoms with Gasteiger partial charge >= 0.3 is 5.97 Å². The van der Waals surface area contributed by atoms with Crippen LogP contribution in [0.3, 0.4) is 0 Å². The van der Waals surface area contributed by atoms with E-state index in [-0.39, 0.29) is 5.82 Å². The van der Waals surface area contributed by atoms with Crippen molar-refractivity contribution in [3.8, 4) is 5.75 Å². The van der Waals surface area contributed by atoms with Gasteiger partial charge in [0.05, 0.1) is 14.2 Å². The molecule has 2 aromatic rings. The molecule has 0 spiro atoms. The predicted octanol–water partition coefficient (Wildman–Crippen LogP) is 4.68. The van der Waals surface area contributed by atoms with E-state index in [9.17, 15) is 9.18 Å². The van der Waals surface area contributed by atoms with Crippen molar-refractivity contribution in [1.82, 2.24) is 0 Å². The first-order valence-corrected chi connectivity index (χ1v) is 8.16. The van der Waals surface area contributed by atoms with Crippen LogP contribution in [-0.4, -0.2) is 20.2 Å². The summed E-state index contributed by atoms with van der Waals surface area (Å²) in [4.78, 5) is 12.7. The van der Waals surface area contributed by atoms with E-state index in [0.717, 1.165) is 10.5 Å². The quantitative estimate of drug-likeness (QED) is 0.553. The predicted molar refractivity (Wildman–Crippen MR) is 88.0 cm³/mol. The number of rotatable bonds is 5. The third kappa shape index (κ3) is 3.81. The number of halogens is 2. The Balaban J connectivity index is 2.24. The van der Waals surface area contributed by atoms with Crippen molar-refractivity contribution in [3.63, 3.8) is 0 Å². The number of benzene rings is 2. The van der Waals surface area contributed by atoms with Crippen LogP contribution in [0.4, 0.5) is 4.39 Å². The third-order valence-corrected chi connectivity index (χ3v) is 5.02. The summed E-state index contributed by atoms with van der Waals surface area (Å²) in [5.74, 6) is 0.353. The van der Waals surface area contributed by atoms with Crippen LogP contribution in [0.15, 0.2) is 45.8 Å². The summed E-state index contributed by atoms with van der Waals surface area (Å²) in [5, 5.41) is 0. The number of hydrogen-bond donors (Lipinski definition) is 0. The van der Waals surface area contributed by atoms with E-state index in [1.54, 1.807) is 18.2 Å². The topological polar surface area (TPSA) is 35.5 Å². The molecule has 0 fully saturated rings. The highest BCUT2D eigenvalue weighted by molar-refractivity contribution is 9.10. The first kappa shape index (κ1) is 16.8. The van der Waals surface area contributed by atoms with E-state index >= 15 is 0 Å². The Morgan fingerprint density at radius 3 is 2.68 bits per heavy atom. The lowest BCUT2D eigenvalue weighted by molar-refractivity contribution is 0.0597. The molecule has 2 aromatic carbocycles. The standard InChI is InChI=1S/C16H14BrFO3S/c1-20-15-10(4-3-5-12(15)16(19)21-2)9-22-14-7-6-11(18)8-13(14)17/h3-8H,9H2,1-2H3. The second-order valence-corrected chi connectivity index (χ2v) is 6.22. The molecular weight excluding hydrogens is 371 g/mol. The van der Waals surface area contributed by atoms with Crippen molar-refractivity contribution in [3.05, 3.63) is 57.8 Å². The zero-order valence-corrected chi connectivity index (χ0v) is 14.5. The van der Waals surface area contributed by atoms with E-state index in [1.807, 2.05) is 6.07 Å². The van der Waals surface area contributed by atoms with Gasteiger partial charge in [0, 0.05) is 20.7 Å². The number of ether oxygens (including phenoxy) is 2. The molecule has 22 heavy (non-hydrogen) atoms. The number of para-hydroxylation sites is 1. The first-order chi connectivity index (χ1) is 10.6. The summed E-state index contributed by atoms with van der Waals surface area (Å²) in [7, 11) is 2.85. The maximum Gasteiger partial charge on any atom is 0.341 e. The van der Waals surface area contributed by atoms with Crippen molar-refractivity contribution >= 4 is 33.7 Å². The number of methoxy groups -OCH3 is 2. The summed E-state index contributed by atoms with van der Waals surface area (Å²) in [6.45, 7) is 0. The second-order valence-electron chi connectivity index (χ2n) is 4.35. The Kier molecular flexibility index (Phi) is 5.85. The molecule has 0 heterocycles. The molecular formula is C16H14BrFO3S. The smallest absolute Gasteiger partial charge is 0.341 e. The highest BCUT2D eigenvalue weighted by Gasteiger charge is 2.16. The van der Waals surface area contributed by atoms with Crippen molar-refractivity contribution in [2.24, 2.45) is 0 Å². The van der Waals surface area contributed by atoms with Crippen LogP contribution in [0.2, 0.25) is 0 Å². The minimum Gasteiger partial charge on any atom is -0.496 e. The zero-order chi connectivity index (χ0) is 16.1. The molecule has 116 valence electrons. The van der Waals surface area contributed by atoms with Crippen LogP contribution in [0, 0.1) is 5.82 Å². The number of hydrogen-bond acceptors (Lipinski definition) is 4. The fourth-order valence-electron chi connectivity index (χ4n) is 1.96. The highest BCUT2D eigenvalue weighted by atomic mass is 79.9. The van der Waals surface area contributed by atoms with Crippen LogP contribution in [-0.2, 0) is 10.5 Å². The normalized spacial score (nSPS) is 10.4. The third-order valence-electron chi connectivity index (χ3n) is 2.98. The SMILES string of the molecule is COC(=O)c1cccc(CSc2ccc(F)cc2Br)c1OC. The van der Waals surface area contributed by atoms with Gasteiger partial charge in [-0.15, -0.1) is 11.8 Å². The van der Waals surface area contributed by atoms with Gasteiger partial charge in [-0.1, -0.05) is 12.1 Å². The molecule has 0 unspecified atom stereocenters. The fraction of sp³-hybridized carbons (Fsp3) is 0.188. The summed E-state index contributed by atoms with van der Waals surface area (Å²) in [5.41, 5.74) is 1.26. The maximum absolute atomic E-state index is 13.1. The minimum absolute atomic E-state index is 0.290. The first-order valence-electron chi connectivity index (χ1n) is 6.39. The Morgan fingerprint density at radius 2 is 2.05 bits per heavy atom. The van der Waals surface area contributed by atoms with Crippen molar-refractivity contribution in [1.29, 1.82) is 0 Å². The number of carbonyl (C=O) groups is 1. The lowest BCUT2D eigenvalue weighted by atomic mass is 10.1. The van der Waals surface area contributed by atoms with Gasteiger partial charge in [-0.05, 0) is 40.2 Å². The van der Waals surface area contributed by atoms with Gasteiger partial charge in [-0.25, -0.2) is 9.18 Å². The molecule has 0 aromatic heterocycles. The summed E-state index contributed by atoms with van der Waals surface area (Å²) >= 11 is 4.86. The summed E-state index contributed by atoms with van der Waals surface area (Å²) in [6, 6.07) is 9.87. The van der Waals surface area contributed by atoms with Crippen LogP contribution < -0.4 is 4.74 Å². The Labute approximate surface area is 140 Å². The van der Waals surface area contributed by atoms with Gasteiger partial charge in [0.25, 0.3) is 0 Å². The zero-order valence-electron chi connectivity index (χ0n) is 12.1. The molecule has 0 saturated carbocycles. The van der Waals surface area contributed by atoms with Crippen LogP contribution >= 0.6 is 27.7 Å². The average Bonchev–Trinajstić information content (AvgIpc) is 2.52. The molecule has 0 amide bonds. The molecule has 0 bridgehead atoms. The van der Waals surface area contributed by atoms with E-state index in [1.165, 1.54) is 38.1 Å². The van der Waals surface area contributed by atoms with Crippen molar-refractivity contribution in [2.75, 3.05) is 14.2 Å². The highest BCUT2D eigenvalue weighted by Crippen LogP contribution is 2.34. The van der Waals surface area contributed by atoms with Crippen LogP contribution in [0.1, 0.15) is 15.9 Å². The Bertz CT molecular complexity index is 691. The lowest BCUT2D eigenvalue weighted by Gasteiger charge is -2.12. The second kappa shape index (κ2) is 7.65. The number of carbonyl (C=O) groups excluding carboxylic acids is 1.